The lowest BCUT2D eigenvalue weighted by atomic mass is 10.0. The van der Waals surface area contributed by atoms with E-state index in [9.17, 15) is 13.6 Å². The Hall–Kier alpha value is -4.69. The molecular formula is C31H27F2N5O. The predicted molar refractivity (Wildman–Crippen MR) is 151 cm³/mol. The summed E-state index contributed by atoms with van der Waals surface area (Å²) >= 11 is 0. The largest absolute Gasteiger partial charge is 0.324 e. The monoisotopic (exact) mass is 523 g/mol. The van der Waals surface area contributed by atoms with Crippen molar-refractivity contribution in [1.29, 1.82) is 0 Å². The molecule has 0 saturated heterocycles. The zero-order valence-corrected chi connectivity index (χ0v) is 21.8. The molecule has 5 aromatic rings. The Labute approximate surface area is 225 Å². The van der Waals surface area contributed by atoms with Crippen molar-refractivity contribution in [3.8, 4) is 11.3 Å². The lowest BCUT2D eigenvalue weighted by Gasteiger charge is -2.19. The van der Waals surface area contributed by atoms with Crippen LogP contribution >= 0.6 is 0 Å². The van der Waals surface area contributed by atoms with E-state index in [1.54, 1.807) is 30.3 Å². The standard InChI is InChI=1S/C31H27F2N5O/c1-19-16-27(21(18-38(2)3)17-26(19)34-30(39)20-10-5-4-6-11-20)36-31-35-25-15-8-7-12-22(25)29(37-31)28-23(32)13-9-14-24(28)33/h4-17H,18H2,1-3H3,(H,34,39)(H,35,36,37). The maximum Gasteiger partial charge on any atom is 0.255 e. The Morgan fingerprint density at radius 2 is 1.54 bits per heavy atom. The van der Waals surface area contributed by atoms with Crippen LogP contribution in [0.25, 0.3) is 22.2 Å². The molecule has 0 radical (unpaired) electrons. The number of halogens is 2. The normalized spacial score (nSPS) is 11.1. The molecule has 8 heteroatoms. The topological polar surface area (TPSA) is 70.2 Å². The van der Waals surface area contributed by atoms with Gasteiger partial charge in [0.15, 0.2) is 0 Å². The highest BCUT2D eigenvalue weighted by atomic mass is 19.1. The molecule has 0 atom stereocenters. The van der Waals surface area contributed by atoms with Gasteiger partial charge in [-0.1, -0.05) is 42.5 Å². The summed E-state index contributed by atoms with van der Waals surface area (Å²) in [6, 6.07) is 23.7. The minimum atomic E-state index is -0.701. The number of anilines is 3. The second-order valence-electron chi connectivity index (χ2n) is 9.52. The first kappa shape index (κ1) is 25.9. The van der Waals surface area contributed by atoms with Crippen molar-refractivity contribution < 1.29 is 13.6 Å². The molecule has 0 fully saturated rings. The Balaban J connectivity index is 1.56. The van der Waals surface area contributed by atoms with E-state index < -0.39 is 11.6 Å². The van der Waals surface area contributed by atoms with Crippen molar-refractivity contribution in [2.24, 2.45) is 0 Å². The number of nitrogens with one attached hydrogen (secondary N) is 2. The number of hydrogen-bond acceptors (Lipinski definition) is 5. The van der Waals surface area contributed by atoms with E-state index in [0.717, 1.165) is 11.1 Å². The van der Waals surface area contributed by atoms with Crippen molar-refractivity contribution in [2.75, 3.05) is 24.7 Å². The number of benzene rings is 4. The predicted octanol–water partition coefficient (Wildman–Crippen LogP) is 6.94. The van der Waals surface area contributed by atoms with Gasteiger partial charge < -0.3 is 15.5 Å². The second kappa shape index (κ2) is 11.0. The zero-order chi connectivity index (χ0) is 27.5. The van der Waals surface area contributed by atoms with Crippen LogP contribution in [0.1, 0.15) is 21.5 Å². The second-order valence-corrected chi connectivity index (χ2v) is 9.52. The van der Waals surface area contributed by atoms with Crippen molar-refractivity contribution >= 4 is 34.1 Å². The van der Waals surface area contributed by atoms with Gasteiger partial charge in [-0.3, -0.25) is 4.79 Å². The molecule has 0 aliphatic carbocycles. The number of amides is 1. The first-order valence-electron chi connectivity index (χ1n) is 12.4. The quantitative estimate of drug-likeness (QED) is 0.242. The summed E-state index contributed by atoms with van der Waals surface area (Å²) in [6.45, 7) is 2.45. The van der Waals surface area contributed by atoms with Crippen LogP contribution in [0.15, 0.2) is 84.9 Å². The zero-order valence-electron chi connectivity index (χ0n) is 21.8. The SMILES string of the molecule is Cc1cc(Nc2nc(-c3c(F)cccc3F)c3ccccc3n2)c(CN(C)C)cc1NC(=O)c1ccccc1. The smallest absolute Gasteiger partial charge is 0.255 e. The van der Waals surface area contributed by atoms with Gasteiger partial charge in [-0.25, -0.2) is 18.7 Å². The minimum Gasteiger partial charge on any atom is -0.324 e. The summed E-state index contributed by atoms with van der Waals surface area (Å²) < 4.78 is 29.6. The number of fused-ring (bicyclic) bond motifs is 1. The Morgan fingerprint density at radius 3 is 2.26 bits per heavy atom. The average Bonchev–Trinajstić information content (AvgIpc) is 2.91. The molecule has 39 heavy (non-hydrogen) atoms. The van der Waals surface area contributed by atoms with E-state index >= 15 is 0 Å². The number of aryl methyl sites for hydroxylation is 1. The molecule has 1 amide bonds. The van der Waals surface area contributed by atoms with Crippen LogP contribution in [0.3, 0.4) is 0 Å². The van der Waals surface area contributed by atoms with E-state index in [4.69, 9.17) is 0 Å². The highest BCUT2D eigenvalue weighted by molar-refractivity contribution is 6.04. The molecular weight excluding hydrogens is 496 g/mol. The number of carbonyl (C=O) groups is 1. The third kappa shape index (κ3) is 5.61. The van der Waals surface area contributed by atoms with Crippen LogP contribution < -0.4 is 10.6 Å². The van der Waals surface area contributed by atoms with Gasteiger partial charge in [-0.05, 0) is 74.6 Å². The number of rotatable bonds is 7. The Morgan fingerprint density at radius 1 is 0.846 bits per heavy atom. The van der Waals surface area contributed by atoms with Crippen molar-refractivity contribution in [3.63, 3.8) is 0 Å². The number of aromatic nitrogens is 2. The van der Waals surface area contributed by atoms with Gasteiger partial charge >= 0.3 is 0 Å². The fraction of sp³-hybridized carbons (Fsp3) is 0.129. The summed E-state index contributed by atoms with van der Waals surface area (Å²) in [4.78, 5) is 24.0. The van der Waals surface area contributed by atoms with Gasteiger partial charge in [0.25, 0.3) is 5.91 Å². The lowest BCUT2D eigenvalue weighted by Crippen LogP contribution is -2.16. The van der Waals surface area contributed by atoms with E-state index in [1.807, 2.05) is 62.3 Å². The minimum absolute atomic E-state index is 0.163. The van der Waals surface area contributed by atoms with Crippen LogP contribution in [0, 0.1) is 18.6 Å². The van der Waals surface area contributed by atoms with Gasteiger partial charge in [0.2, 0.25) is 5.95 Å². The fourth-order valence-corrected chi connectivity index (χ4v) is 4.43. The molecule has 0 spiro atoms. The summed E-state index contributed by atoms with van der Waals surface area (Å²) in [6.07, 6.45) is 0. The van der Waals surface area contributed by atoms with E-state index in [2.05, 4.69) is 20.6 Å². The number of hydrogen-bond donors (Lipinski definition) is 2. The summed E-state index contributed by atoms with van der Waals surface area (Å²) in [5, 5.41) is 6.80. The van der Waals surface area contributed by atoms with E-state index in [1.165, 1.54) is 18.2 Å². The van der Waals surface area contributed by atoms with Crippen LogP contribution in [0.4, 0.5) is 26.1 Å². The van der Waals surface area contributed by atoms with E-state index in [0.29, 0.717) is 34.4 Å². The third-order valence-corrected chi connectivity index (χ3v) is 6.27. The molecule has 0 saturated carbocycles. The third-order valence-electron chi connectivity index (χ3n) is 6.27. The average molecular weight is 524 g/mol. The molecule has 6 nitrogen and oxygen atoms in total. The molecule has 0 unspecified atom stereocenters. The summed E-state index contributed by atoms with van der Waals surface area (Å²) in [5.41, 5.74) is 4.17. The molecule has 1 heterocycles. The van der Waals surface area contributed by atoms with Gasteiger partial charge in [-0.2, -0.15) is 0 Å². The van der Waals surface area contributed by atoms with Gasteiger partial charge in [0.05, 0.1) is 16.8 Å². The molecule has 0 aliphatic heterocycles. The first-order valence-corrected chi connectivity index (χ1v) is 12.4. The van der Waals surface area contributed by atoms with Crippen LogP contribution in [0.5, 0.6) is 0 Å². The van der Waals surface area contributed by atoms with Crippen molar-refractivity contribution in [2.45, 2.75) is 13.5 Å². The molecule has 2 N–H and O–H groups in total. The molecule has 4 aromatic carbocycles. The van der Waals surface area contributed by atoms with Crippen molar-refractivity contribution in [3.05, 3.63) is 113 Å². The van der Waals surface area contributed by atoms with Crippen molar-refractivity contribution in [1.82, 2.24) is 14.9 Å². The molecule has 1 aromatic heterocycles. The van der Waals surface area contributed by atoms with Crippen LogP contribution in [-0.4, -0.2) is 34.9 Å². The van der Waals surface area contributed by atoms with Gasteiger partial charge in [-0.15, -0.1) is 0 Å². The van der Waals surface area contributed by atoms with Gasteiger partial charge in [0.1, 0.15) is 11.6 Å². The maximum absolute atomic E-state index is 14.8. The lowest BCUT2D eigenvalue weighted by molar-refractivity contribution is 0.102. The maximum atomic E-state index is 14.8. The summed E-state index contributed by atoms with van der Waals surface area (Å²) in [5.74, 6) is -1.41. The molecule has 196 valence electrons. The molecule has 0 bridgehead atoms. The Bertz CT molecular complexity index is 1650. The Kier molecular flexibility index (Phi) is 7.29. The number of para-hydroxylation sites is 1. The summed E-state index contributed by atoms with van der Waals surface area (Å²) in [7, 11) is 3.88. The highest BCUT2D eigenvalue weighted by Gasteiger charge is 2.19. The van der Waals surface area contributed by atoms with Gasteiger partial charge in [0, 0.05) is 28.9 Å². The first-order chi connectivity index (χ1) is 18.8. The fourth-order valence-electron chi connectivity index (χ4n) is 4.43. The molecule has 0 aliphatic rings. The number of carbonyl (C=O) groups excluding carboxylic acids is 1. The van der Waals surface area contributed by atoms with Crippen LogP contribution in [-0.2, 0) is 6.54 Å². The highest BCUT2D eigenvalue weighted by Crippen LogP contribution is 2.33. The number of nitrogens with zero attached hydrogens (tertiary/aromatic N) is 3. The van der Waals surface area contributed by atoms with Crippen LogP contribution in [0.2, 0.25) is 0 Å². The van der Waals surface area contributed by atoms with E-state index in [-0.39, 0.29) is 23.1 Å². The molecule has 5 rings (SSSR count).